The van der Waals surface area contributed by atoms with E-state index in [9.17, 15) is 13.2 Å². The average Bonchev–Trinajstić information content (AvgIpc) is 2.85. The van der Waals surface area contributed by atoms with Crippen LogP contribution < -0.4 is 0 Å². The summed E-state index contributed by atoms with van der Waals surface area (Å²) in [6.45, 7) is 19.6. The zero-order chi connectivity index (χ0) is 27.2. The minimum absolute atomic E-state index is 0.0111. The molecule has 2 bridgehead atoms. The molecule has 1 aliphatic heterocycles. The second-order valence-electron chi connectivity index (χ2n) is 13.3. The van der Waals surface area contributed by atoms with E-state index in [1.54, 1.807) is 16.4 Å². The molecule has 2 atom stereocenters. The molecule has 1 heterocycles. The van der Waals surface area contributed by atoms with Crippen molar-refractivity contribution in [3.05, 3.63) is 41.5 Å². The second-order valence-corrected chi connectivity index (χ2v) is 15.2. The molecule has 0 spiro atoms. The highest BCUT2D eigenvalue weighted by atomic mass is 32.2. The maximum atomic E-state index is 13.2. The summed E-state index contributed by atoms with van der Waals surface area (Å²) in [6, 6.07) is 7.33. The van der Waals surface area contributed by atoms with E-state index >= 15 is 0 Å². The Bertz CT molecular complexity index is 1110. The first-order valence-corrected chi connectivity index (χ1v) is 15.5. The van der Waals surface area contributed by atoms with Gasteiger partial charge in [0, 0.05) is 51.7 Å². The van der Waals surface area contributed by atoms with E-state index < -0.39 is 10.0 Å². The molecule has 5 rings (SSSR count). The summed E-state index contributed by atoms with van der Waals surface area (Å²) >= 11 is 0. The van der Waals surface area contributed by atoms with Gasteiger partial charge in [-0.3, -0.25) is 9.69 Å². The zero-order valence-corrected chi connectivity index (χ0v) is 24.8. The SMILES string of the molecule is CC(C)C(=O)N(CCN1CCN(S(=O)(=O)c2ccc(C(C)(C)C)cc2)CC1)CC1=CCC2CC1C2(C)C. The minimum atomic E-state index is -3.50. The lowest BCUT2D eigenvalue weighted by Crippen LogP contribution is -2.52. The van der Waals surface area contributed by atoms with Crippen LogP contribution in [0.4, 0.5) is 0 Å². The predicted molar refractivity (Wildman–Crippen MR) is 150 cm³/mol. The van der Waals surface area contributed by atoms with Gasteiger partial charge in [-0.1, -0.05) is 72.2 Å². The van der Waals surface area contributed by atoms with Crippen molar-refractivity contribution in [2.24, 2.45) is 23.2 Å². The molecule has 37 heavy (non-hydrogen) atoms. The van der Waals surface area contributed by atoms with E-state index in [0.717, 1.165) is 31.0 Å². The quantitative estimate of drug-likeness (QED) is 0.455. The number of benzene rings is 1. The average molecular weight is 530 g/mol. The summed E-state index contributed by atoms with van der Waals surface area (Å²) in [7, 11) is -3.50. The Kier molecular flexibility index (Phi) is 8.00. The number of rotatable bonds is 8. The summed E-state index contributed by atoms with van der Waals surface area (Å²) in [5.41, 5.74) is 2.91. The Balaban J connectivity index is 1.33. The van der Waals surface area contributed by atoms with Crippen molar-refractivity contribution >= 4 is 15.9 Å². The highest BCUT2D eigenvalue weighted by Crippen LogP contribution is 2.59. The van der Waals surface area contributed by atoms with Gasteiger partial charge in [0.1, 0.15) is 0 Å². The third-order valence-corrected chi connectivity index (χ3v) is 11.1. The Labute approximate surface area is 225 Å². The molecule has 1 amide bonds. The number of fused-ring (bicyclic) bond motifs is 1. The van der Waals surface area contributed by atoms with E-state index in [1.165, 1.54) is 12.0 Å². The van der Waals surface area contributed by atoms with Crippen LogP contribution in [-0.4, -0.2) is 74.2 Å². The van der Waals surface area contributed by atoms with Crippen molar-refractivity contribution in [3.8, 4) is 0 Å². The van der Waals surface area contributed by atoms with E-state index in [2.05, 4.69) is 45.6 Å². The maximum absolute atomic E-state index is 13.2. The Hall–Kier alpha value is -1.70. The summed E-state index contributed by atoms with van der Waals surface area (Å²) in [4.78, 5) is 17.8. The molecular formula is C30H47N3O3S. The molecule has 0 N–H and O–H groups in total. The number of carbonyl (C=O) groups excluding carboxylic acids is 1. The lowest BCUT2D eigenvalue weighted by atomic mass is 9.49. The Morgan fingerprint density at radius 1 is 1.08 bits per heavy atom. The molecular weight excluding hydrogens is 482 g/mol. The number of piperazine rings is 1. The van der Waals surface area contributed by atoms with Gasteiger partial charge in [0.05, 0.1) is 4.90 Å². The van der Waals surface area contributed by atoms with Crippen LogP contribution in [0.5, 0.6) is 0 Å². The fraction of sp³-hybridized carbons (Fsp3) is 0.700. The van der Waals surface area contributed by atoms with Crippen molar-refractivity contribution in [1.82, 2.24) is 14.1 Å². The van der Waals surface area contributed by atoms with Crippen LogP contribution >= 0.6 is 0 Å². The second kappa shape index (κ2) is 10.5. The van der Waals surface area contributed by atoms with Crippen LogP contribution in [-0.2, 0) is 20.2 Å². The fourth-order valence-electron chi connectivity index (χ4n) is 6.24. The topological polar surface area (TPSA) is 60.9 Å². The van der Waals surface area contributed by atoms with Gasteiger partial charge in [0.2, 0.25) is 15.9 Å². The summed E-state index contributed by atoms with van der Waals surface area (Å²) < 4.78 is 28.1. The smallest absolute Gasteiger partial charge is 0.243 e. The van der Waals surface area contributed by atoms with Crippen LogP contribution in [0.15, 0.2) is 40.8 Å². The van der Waals surface area contributed by atoms with Crippen LogP contribution in [0.25, 0.3) is 0 Å². The molecule has 2 unspecified atom stereocenters. The Morgan fingerprint density at radius 2 is 1.70 bits per heavy atom. The molecule has 1 saturated heterocycles. The molecule has 2 fully saturated rings. The van der Waals surface area contributed by atoms with E-state index in [-0.39, 0.29) is 17.2 Å². The highest BCUT2D eigenvalue weighted by molar-refractivity contribution is 7.89. The third kappa shape index (κ3) is 5.84. The predicted octanol–water partition coefficient (Wildman–Crippen LogP) is 4.77. The van der Waals surface area contributed by atoms with E-state index in [4.69, 9.17) is 0 Å². The van der Waals surface area contributed by atoms with Crippen molar-refractivity contribution < 1.29 is 13.2 Å². The normalized spacial score (nSPS) is 24.5. The molecule has 6 nitrogen and oxygen atoms in total. The lowest BCUT2D eigenvalue weighted by molar-refractivity contribution is -0.134. The van der Waals surface area contributed by atoms with Crippen LogP contribution in [0.2, 0.25) is 0 Å². The first-order chi connectivity index (χ1) is 17.2. The molecule has 3 aliphatic carbocycles. The molecule has 0 aromatic heterocycles. The summed E-state index contributed by atoms with van der Waals surface area (Å²) in [5, 5.41) is 0. The highest BCUT2D eigenvalue weighted by Gasteiger charge is 2.51. The maximum Gasteiger partial charge on any atom is 0.243 e. The van der Waals surface area contributed by atoms with Gasteiger partial charge in [-0.2, -0.15) is 4.31 Å². The number of allylic oxidation sites excluding steroid dienone is 1. The molecule has 206 valence electrons. The van der Waals surface area contributed by atoms with Crippen molar-refractivity contribution in [2.75, 3.05) is 45.8 Å². The number of carbonyl (C=O) groups is 1. The van der Waals surface area contributed by atoms with Gasteiger partial charge in [-0.25, -0.2) is 8.42 Å². The number of sulfonamides is 1. The van der Waals surface area contributed by atoms with Crippen LogP contribution in [0, 0.1) is 23.2 Å². The van der Waals surface area contributed by atoms with Gasteiger partial charge in [-0.15, -0.1) is 0 Å². The van der Waals surface area contributed by atoms with Gasteiger partial charge in [0.25, 0.3) is 0 Å². The number of hydrogen-bond donors (Lipinski definition) is 0. The third-order valence-electron chi connectivity index (χ3n) is 9.14. The van der Waals surface area contributed by atoms with Gasteiger partial charge < -0.3 is 4.90 Å². The van der Waals surface area contributed by atoms with Gasteiger partial charge >= 0.3 is 0 Å². The molecule has 1 aromatic carbocycles. The standard InChI is InChI=1S/C30H47N3O3S/c1-22(2)28(34)32(21-23-8-9-25-20-27(23)30(25,6)7)17-14-31-15-18-33(19-16-31)37(35,36)26-12-10-24(11-13-26)29(3,4)5/h8,10-13,22,25,27H,9,14-21H2,1-7H3. The summed E-state index contributed by atoms with van der Waals surface area (Å²) in [5.74, 6) is 1.57. The van der Waals surface area contributed by atoms with E-state index in [1.807, 2.05) is 30.9 Å². The molecule has 7 heteroatoms. The minimum Gasteiger partial charge on any atom is -0.337 e. The fourth-order valence-corrected chi connectivity index (χ4v) is 7.66. The molecule has 1 aromatic rings. The number of hydrogen-bond acceptors (Lipinski definition) is 4. The first kappa shape index (κ1) is 28.3. The Morgan fingerprint density at radius 3 is 2.22 bits per heavy atom. The molecule has 0 radical (unpaired) electrons. The van der Waals surface area contributed by atoms with E-state index in [0.29, 0.717) is 49.0 Å². The zero-order valence-electron chi connectivity index (χ0n) is 24.0. The van der Waals surface area contributed by atoms with Crippen molar-refractivity contribution in [2.45, 2.75) is 71.6 Å². The van der Waals surface area contributed by atoms with Crippen molar-refractivity contribution in [3.63, 3.8) is 0 Å². The number of nitrogens with zero attached hydrogens (tertiary/aromatic N) is 3. The largest absolute Gasteiger partial charge is 0.337 e. The monoisotopic (exact) mass is 529 g/mol. The molecule has 1 saturated carbocycles. The van der Waals surface area contributed by atoms with Crippen molar-refractivity contribution in [1.29, 1.82) is 0 Å². The lowest BCUT2D eigenvalue weighted by Gasteiger charge is -2.57. The van der Waals surface area contributed by atoms with Crippen LogP contribution in [0.1, 0.15) is 66.9 Å². The number of amides is 1. The van der Waals surface area contributed by atoms with Gasteiger partial charge in [0.15, 0.2) is 0 Å². The summed E-state index contributed by atoms with van der Waals surface area (Å²) in [6.07, 6.45) is 4.79. The molecule has 4 aliphatic rings. The van der Waals surface area contributed by atoms with Crippen LogP contribution in [0.3, 0.4) is 0 Å². The van der Waals surface area contributed by atoms with Gasteiger partial charge in [-0.05, 0) is 53.2 Å². The first-order valence-electron chi connectivity index (χ1n) is 14.0.